The zero-order chi connectivity index (χ0) is 30.2. The number of benzene rings is 4. The van der Waals surface area contributed by atoms with Gasteiger partial charge in [0.1, 0.15) is 11.5 Å². The van der Waals surface area contributed by atoms with Gasteiger partial charge in [-0.25, -0.2) is 0 Å². The lowest BCUT2D eigenvalue weighted by Gasteiger charge is -2.18. The minimum atomic E-state index is -0.658. The summed E-state index contributed by atoms with van der Waals surface area (Å²) in [4.78, 5) is 27.6. The van der Waals surface area contributed by atoms with E-state index in [0.717, 1.165) is 37.7 Å². The SMILES string of the molecule is Cc1ccc(OC(C)C(=O)Nc2ccc(SSc3ccccc3NC(=O)C(C)Oc3ccc(C)cc3C)cc2)c(C)c1. The van der Waals surface area contributed by atoms with Crippen LogP contribution in [-0.2, 0) is 9.59 Å². The smallest absolute Gasteiger partial charge is 0.265 e. The van der Waals surface area contributed by atoms with Gasteiger partial charge < -0.3 is 20.1 Å². The Kier molecular flexibility index (Phi) is 10.6. The lowest BCUT2D eigenvalue weighted by Crippen LogP contribution is -2.30. The molecule has 2 atom stereocenters. The van der Waals surface area contributed by atoms with Crippen LogP contribution >= 0.6 is 21.6 Å². The second-order valence-electron chi connectivity index (χ2n) is 10.2. The highest BCUT2D eigenvalue weighted by Crippen LogP contribution is 2.41. The van der Waals surface area contributed by atoms with Crippen LogP contribution in [0.2, 0.25) is 0 Å². The van der Waals surface area contributed by atoms with Crippen LogP contribution < -0.4 is 20.1 Å². The molecule has 2 unspecified atom stereocenters. The number of rotatable bonds is 11. The third-order valence-electron chi connectivity index (χ3n) is 6.50. The number of carbonyl (C=O) groups is 2. The van der Waals surface area contributed by atoms with E-state index in [0.29, 0.717) is 17.2 Å². The maximum absolute atomic E-state index is 12.9. The maximum Gasteiger partial charge on any atom is 0.265 e. The van der Waals surface area contributed by atoms with Crippen molar-refractivity contribution in [3.63, 3.8) is 0 Å². The summed E-state index contributed by atoms with van der Waals surface area (Å²) in [7, 11) is 3.11. The standard InChI is InChI=1S/C34H36N2O4S2/c1-21-11-17-30(23(3)19-21)39-25(5)33(37)35-27-13-15-28(16-14-27)41-42-32-10-8-7-9-29(32)36-34(38)26(6)40-31-18-12-22(2)20-24(31)4/h7-20,25-26H,1-6H3,(H,35,37)(H,36,38). The number of hydrogen-bond acceptors (Lipinski definition) is 6. The van der Waals surface area contributed by atoms with Crippen molar-refractivity contribution in [3.05, 3.63) is 107 Å². The Morgan fingerprint density at radius 3 is 1.71 bits per heavy atom. The molecule has 2 N–H and O–H groups in total. The molecule has 42 heavy (non-hydrogen) atoms. The van der Waals surface area contributed by atoms with Crippen LogP contribution in [0.5, 0.6) is 11.5 Å². The molecule has 0 fully saturated rings. The predicted octanol–water partition coefficient (Wildman–Crippen LogP) is 8.53. The van der Waals surface area contributed by atoms with Crippen LogP contribution in [0.15, 0.2) is 94.7 Å². The summed E-state index contributed by atoms with van der Waals surface area (Å²) in [5, 5.41) is 5.92. The molecule has 0 aromatic heterocycles. The fraction of sp³-hybridized carbons (Fsp3) is 0.235. The molecule has 0 aliphatic heterocycles. The third kappa shape index (κ3) is 8.57. The normalized spacial score (nSPS) is 12.2. The number of ether oxygens (including phenoxy) is 2. The van der Waals surface area contributed by atoms with Gasteiger partial charge >= 0.3 is 0 Å². The van der Waals surface area contributed by atoms with E-state index in [1.165, 1.54) is 0 Å². The molecule has 0 aliphatic rings. The Balaban J connectivity index is 1.30. The Morgan fingerprint density at radius 1 is 0.643 bits per heavy atom. The maximum atomic E-state index is 12.9. The molecule has 6 nitrogen and oxygen atoms in total. The number of anilines is 2. The molecular weight excluding hydrogens is 565 g/mol. The molecule has 4 aromatic rings. The highest BCUT2D eigenvalue weighted by molar-refractivity contribution is 8.76. The molecule has 0 saturated carbocycles. The lowest BCUT2D eigenvalue weighted by molar-refractivity contribution is -0.122. The van der Waals surface area contributed by atoms with Crippen molar-refractivity contribution < 1.29 is 19.1 Å². The molecule has 0 radical (unpaired) electrons. The molecule has 218 valence electrons. The average Bonchev–Trinajstić information content (AvgIpc) is 2.96. The average molecular weight is 601 g/mol. The second kappa shape index (κ2) is 14.3. The van der Waals surface area contributed by atoms with Crippen LogP contribution in [0, 0.1) is 27.7 Å². The first kappa shape index (κ1) is 31.1. The minimum absolute atomic E-state index is 0.217. The van der Waals surface area contributed by atoms with E-state index in [9.17, 15) is 9.59 Å². The van der Waals surface area contributed by atoms with Crippen molar-refractivity contribution in [1.82, 2.24) is 0 Å². The number of carbonyl (C=O) groups excluding carboxylic acids is 2. The first-order valence-corrected chi connectivity index (χ1v) is 15.9. The summed E-state index contributed by atoms with van der Waals surface area (Å²) >= 11 is 0. The van der Waals surface area contributed by atoms with E-state index in [1.54, 1.807) is 35.4 Å². The Labute approximate surface area is 256 Å². The topological polar surface area (TPSA) is 76.7 Å². The molecule has 8 heteroatoms. The molecule has 4 rings (SSSR count). The summed E-state index contributed by atoms with van der Waals surface area (Å²) in [5.74, 6) is 0.963. The van der Waals surface area contributed by atoms with Gasteiger partial charge in [-0.3, -0.25) is 9.59 Å². The van der Waals surface area contributed by atoms with E-state index in [-0.39, 0.29) is 11.8 Å². The van der Waals surface area contributed by atoms with Crippen LogP contribution in [0.1, 0.15) is 36.1 Å². The van der Waals surface area contributed by atoms with E-state index < -0.39 is 12.2 Å². The van der Waals surface area contributed by atoms with Gasteiger partial charge in [0.2, 0.25) is 0 Å². The molecule has 0 heterocycles. The monoisotopic (exact) mass is 600 g/mol. The first-order chi connectivity index (χ1) is 20.1. The number of hydrogen-bond donors (Lipinski definition) is 2. The zero-order valence-corrected chi connectivity index (χ0v) is 26.3. The van der Waals surface area contributed by atoms with E-state index in [1.807, 2.05) is 113 Å². The Morgan fingerprint density at radius 2 is 1.17 bits per heavy atom. The van der Waals surface area contributed by atoms with Gasteiger partial charge in [0.15, 0.2) is 12.2 Å². The van der Waals surface area contributed by atoms with E-state index in [4.69, 9.17) is 9.47 Å². The van der Waals surface area contributed by atoms with Crippen LogP contribution in [0.3, 0.4) is 0 Å². The molecule has 0 bridgehead atoms. The summed E-state index contributed by atoms with van der Waals surface area (Å²) < 4.78 is 11.8. The number of amides is 2. The minimum Gasteiger partial charge on any atom is -0.481 e. The van der Waals surface area contributed by atoms with Gasteiger partial charge in [-0.2, -0.15) is 0 Å². The van der Waals surface area contributed by atoms with Crippen LogP contribution in [0.25, 0.3) is 0 Å². The summed E-state index contributed by atoms with van der Waals surface area (Å²) in [6, 6.07) is 27.1. The summed E-state index contributed by atoms with van der Waals surface area (Å²) in [6.45, 7) is 11.5. The predicted molar refractivity (Wildman–Crippen MR) is 174 cm³/mol. The molecule has 0 spiro atoms. The molecule has 0 aliphatic carbocycles. The zero-order valence-electron chi connectivity index (χ0n) is 24.7. The van der Waals surface area contributed by atoms with E-state index in [2.05, 4.69) is 10.6 Å². The lowest BCUT2D eigenvalue weighted by atomic mass is 10.1. The van der Waals surface area contributed by atoms with Gasteiger partial charge in [-0.15, -0.1) is 0 Å². The number of aryl methyl sites for hydroxylation is 4. The Hall–Kier alpha value is -3.88. The summed E-state index contributed by atoms with van der Waals surface area (Å²) in [6.07, 6.45) is -1.30. The highest BCUT2D eigenvalue weighted by Gasteiger charge is 2.18. The van der Waals surface area contributed by atoms with Crippen LogP contribution in [0.4, 0.5) is 11.4 Å². The first-order valence-electron chi connectivity index (χ1n) is 13.7. The van der Waals surface area contributed by atoms with E-state index >= 15 is 0 Å². The van der Waals surface area contributed by atoms with Crippen molar-refractivity contribution in [3.8, 4) is 11.5 Å². The molecule has 0 saturated heterocycles. The van der Waals surface area contributed by atoms with Gasteiger partial charge in [0, 0.05) is 15.5 Å². The van der Waals surface area contributed by atoms with Crippen molar-refractivity contribution in [2.24, 2.45) is 0 Å². The number of nitrogens with one attached hydrogen (secondary N) is 2. The Bertz CT molecular complexity index is 1560. The summed E-state index contributed by atoms with van der Waals surface area (Å²) in [5.41, 5.74) is 5.69. The van der Waals surface area contributed by atoms with Crippen molar-refractivity contribution in [2.45, 2.75) is 63.5 Å². The fourth-order valence-corrected chi connectivity index (χ4v) is 6.26. The van der Waals surface area contributed by atoms with Crippen molar-refractivity contribution in [2.75, 3.05) is 10.6 Å². The van der Waals surface area contributed by atoms with Crippen LogP contribution in [-0.4, -0.2) is 24.0 Å². The highest BCUT2D eigenvalue weighted by atomic mass is 33.1. The third-order valence-corrected chi connectivity index (χ3v) is 8.95. The van der Waals surface area contributed by atoms with Gasteiger partial charge in [-0.05, 0) is 101 Å². The molecule has 4 aromatic carbocycles. The quantitative estimate of drug-likeness (QED) is 0.168. The second-order valence-corrected chi connectivity index (χ2v) is 12.5. The van der Waals surface area contributed by atoms with Gasteiger partial charge in [0.05, 0.1) is 5.69 Å². The van der Waals surface area contributed by atoms with Crippen molar-refractivity contribution >= 4 is 44.8 Å². The van der Waals surface area contributed by atoms with Gasteiger partial charge in [0.25, 0.3) is 11.8 Å². The van der Waals surface area contributed by atoms with Crippen molar-refractivity contribution in [1.29, 1.82) is 0 Å². The fourth-order valence-electron chi connectivity index (χ4n) is 4.16. The largest absolute Gasteiger partial charge is 0.481 e. The van der Waals surface area contributed by atoms with Gasteiger partial charge in [-0.1, -0.05) is 69.1 Å². The molecular formula is C34H36N2O4S2. The number of para-hydroxylation sites is 1. The molecule has 2 amide bonds.